The molecule has 1 fully saturated rings. The second-order valence-electron chi connectivity index (χ2n) is 5.84. The third kappa shape index (κ3) is 4.52. The van der Waals surface area contributed by atoms with Crippen LogP contribution < -0.4 is 4.72 Å². The standard InChI is InChI=1S/C16H26N2O3S/c1-2-9-15(16(19)18-12-7-4-8-13-18)17-22(20,21)14-10-5-3-6-11-14/h3,5-6,10-11,15-17,19H,2,4,7-9,12-13H2,1H3. The number of hydrogen-bond donors (Lipinski definition) is 2. The van der Waals surface area contributed by atoms with Gasteiger partial charge in [0.25, 0.3) is 0 Å². The van der Waals surface area contributed by atoms with Crippen LogP contribution in [0.15, 0.2) is 35.2 Å². The van der Waals surface area contributed by atoms with Crippen molar-refractivity contribution in [2.75, 3.05) is 13.1 Å². The number of aliphatic hydroxyl groups is 1. The van der Waals surface area contributed by atoms with E-state index >= 15 is 0 Å². The van der Waals surface area contributed by atoms with E-state index in [2.05, 4.69) is 4.72 Å². The molecular formula is C16H26N2O3S. The summed E-state index contributed by atoms with van der Waals surface area (Å²) in [5.41, 5.74) is 0. The quantitative estimate of drug-likeness (QED) is 0.803. The molecule has 2 rings (SSSR count). The molecule has 0 spiro atoms. The predicted molar refractivity (Wildman–Crippen MR) is 86.9 cm³/mol. The lowest BCUT2D eigenvalue weighted by molar-refractivity contribution is -0.0308. The predicted octanol–water partition coefficient (Wildman–Crippen LogP) is 1.94. The first kappa shape index (κ1) is 17.4. The second kappa shape index (κ2) is 8.06. The maximum Gasteiger partial charge on any atom is 0.240 e. The number of rotatable bonds is 7. The van der Waals surface area contributed by atoms with E-state index in [9.17, 15) is 13.5 Å². The molecule has 1 saturated heterocycles. The van der Waals surface area contributed by atoms with Crippen molar-refractivity contribution in [3.8, 4) is 0 Å². The lowest BCUT2D eigenvalue weighted by Gasteiger charge is -2.35. The third-order valence-electron chi connectivity index (χ3n) is 4.08. The minimum absolute atomic E-state index is 0.238. The van der Waals surface area contributed by atoms with E-state index in [1.165, 1.54) is 6.42 Å². The van der Waals surface area contributed by atoms with Gasteiger partial charge >= 0.3 is 0 Å². The molecule has 1 aliphatic rings. The highest BCUT2D eigenvalue weighted by Gasteiger charge is 2.29. The highest BCUT2D eigenvalue weighted by Crippen LogP contribution is 2.17. The Morgan fingerprint density at radius 2 is 1.82 bits per heavy atom. The van der Waals surface area contributed by atoms with Crippen LogP contribution in [0, 0.1) is 0 Å². The van der Waals surface area contributed by atoms with Gasteiger partial charge in [0, 0.05) is 13.1 Å². The summed E-state index contributed by atoms with van der Waals surface area (Å²) in [5, 5.41) is 10.6. The summed E-state index contributed by atoms with van der Waals surface area (Å²) in [4.78, 5) is 2.22. The molecule has 0 aromatic heterocycles. The normalized spacial score (nSPS) is 19.7. The number of sulfonamides is 1. The maximum atomic E-state index is 12.5. The van der Waals surface area contributed by atoms with Crippen LogP contribution in [-0.4, -0.2) is 43.8 Å². The monoisotopic (exact) mass is 326 g/mol. The molecule has 2 N–H and O–H groups in total. The first-order valence-corrected chi connectivity index (χ1v) is 9.52. The zero-order chi connectivity index (χ0) is 16.0. The molecular weight excluding hydrogens is 300 g/mol. The number of benzene rings is 1. The van der Waals surface area contributed by atoms with Crippen molar-refractivity contribution in [1.82, 2.24) is 9.62 Å². The molecule has 0 amide bonds. The Labute approximate surface area is 133 Å². The molecule has 1 aliphatic heterocycles. The topological polar surface area (TPSA) is 69.6 Å². The molecule has 124 valence electrons. The van der Waals surface area contributed by atoms with Crippen LogP contribution in [0.3, 0.4) is 0 Å². The zero-order valence-corrected chi connectivity index (χ0v) is 13.9. The van der Waals surface area contributed by atoms with Crippen LogP contribution in [0.5, 0.6) is 0 Å². The van der Waals surface area contributed by atoms with Gasteiger partial charge in [-0.1, -0.05) is 38.0 Å². The molecule has 1 aromatic carbocycles. The Kier molecular flexibility index (Phi) is 6.37. The van der Waals surface area contributed by atoms with E-state index in [-0.39, 0.29) is 4.90 Å². The van der Waals surface area contributed by atoms with Gasteiger partial charge in [-0.15, -0.1) is 0 Å². The first-order chi connectivity index (χ1) is 10.5. The smallest absolute Gasteiger partial charge is 0.240 e. The molecule has 0 bridgehead atoms. The van der Waals surface area contributed by atoms with E-state index in [1.807, 2.05) is 11.8 Å². The van der Waals surface area contributed by atoms with Crippen molar-refractivity contribution in [3.05, 3.63) is 30.3 Å². The van der Waals surface area contributed by atoms with Crippen molar-refractivity contribution < 1.29 is 13.5 Å². The fraction of sp³-hybridized carbons (Fsp3) is 0.625. The van der Waals surface area contributed by atoms with Crippen molar-refractivity contribution in [2.24, 2.45) is 0 Å². The van der Waals surface area contributed by atoms with Gasteiger partial charge in [0.15, 0.2) is 0 Å². The summed E-state index contributed by atoms with van der Waals surface area (Å²) in [6.45, 7) is 3.65. The maximum absolute atomic E-state index is 12.5. The Hall–Kier alpha value is -0.950. The fourth-order valence-electron chi connectivity index (χ4n) is 2.88. The highest BCUT2D eigenvalue weighted by molar-refractivity contribution is 7.89. The average Bonchev–Trinajstić information content (AvgIpc) is 2.55. The van der Waals surface area contributed by atoms with Crippen molar-refractivity contribution in [1.29, 1.82) is 0 Å². The molecule has 22 heavy (non-hydrogen) atoms. The summed E-state index contributed by atoms with van der Waals surface area (Å²) >= 11 is 0. The Balaban J connectivity index is 2.10. The van der Waals surface area contributed by atoms with Crippen LogP contribution in [-0.2, 0) is 10.0 Å². The zero-order valence-electron chi connectivity index (χ0n) is 13.1. The summed E-state index contributed by atoms with van der Waals surface area (Å²) < 4.78 is 27.6. The van der Waals surface area contributed by atoms with Gasteiger partial charge in [-0.05, 0) is 31.4 Å². The van der Waals surface area contributed by atoms with E-state index in [0.29, 0.717) is 6.42 Å². The van der Waals surface area contributed by atoms with Crippen LogP contribution in [0.2, 0.25) is 0 Å². The molecule has 0 radical (unpaired) electrons. The third-order valence-corrected chi connectivity index (χ3v) is 5.59. The summed E-state index contributed by atoms with van der Waals surface area (Å²) in [5.74, 6) is 0. The lowest BCUT2D eigenvalue weighted by Crippen LogP contribution is -2.53. The number of likely N-dealkylation sites (tertiary alicyclic amines) is 1. The van der Waals surface area contributed by atoms with Crippen LogP contribution in [0.1, 0.15) is 39.0 Å². The number of nitrogens with one attached hydrogen (secondary N) is 1. The Morgan fingerprint density at radius 1 is 1.18 bits per heavy atom. The Morgan fingerprint density at radius 3 is 2.41 bits per heavy atom. The van der Waals surface area contributed by atoms with E-state index in [0.717, 1.165) is 32.4 Å². The van der Waals surface area contributed by atoms with E-state index < -0.39 is 22.3 Å². The fourth-order valence-corrected chi connectivity index (χ4v) is 4.17. The molecule has 0 aliphatic carbocycles. The molecule has 5 nitrogen and oxygen atoms in total. The molecule has 1 heterocycles. The largest absolute Gasteiger partial charge is 0.377 e. The van der Waals surface area contributed by atoms with Gasteiger partial charge in [0.2, 0.25) is 10.0 Å². The van der Waals surface area contributed by atoms with Crippen LogP contribution in [0.25, 0.3) is 0 Å². The first-order valence-electron chi connectivity index (χ1n) is 8.04. The van der Waals surface area contributed by atoms with Crippen LogP contribution >= 0.6 is 0 Å². The minimum Gasteiger partial charge on any atom is -0.377 e. The summed E-state index contributed by atoms with van der Waals surface area (Å²) in [6.07, 6.45) is 3.95. The van der Waals surface area contributed by atoms with Gasteiger partial charge in [0.1, 0.15) is 6.23 Å². The van der Waals surface area contributed by atoms with Crippen molar-refractivity contribution in [3.63, 3.8) is 0 Å². The minimum atomic E-state index is -3.60. The molecule has 2 atom stereocenters. The number of nitrogens with zero attached hydrogens (tertiary/aromatic N) is 1. The molecule has 6 heteroatoms. The van der Waals surface area contributed by atoms with Gasteiger partial charge in [-0.25, -0.2) is 13.1 Å². The molecule has 0 saturated carbocycles. The van der Waals surface area contributed by atoms with Gasteiger partial charge < -0.3 is 5.11 Å². The average molecular weight is 326 g/mol. The van der Waals surface area contributed by atoms with Gasteiger partial charge in [-0.2, -0.15) is 0 Å². The van der Waals surface area contributed by atoms with E-state index in [4.69, 9.17) is 0 Å². The highest BCUT2D eigenvalue weighted by atomic mass is 32.2. The number of hydrogen-bond acceptors (Lipinski definition) is 4. The SMILES string of the molecule is CCCC(NS(=O)(=O)c1ccccc1)C(O)N1CCCCC1. The number of aliphatic hydroxyl groups excluding tert-OH is 1. The van der Waals surface area contributed by atoms with Crippen LogP contribution in [0.4, 0.5) is 0 Å². The lowest BCUT2D eigenvalue weighted by atomic mass is 10.1. The van der Waals surface area contributed by atoms with Crippen molar-refractivity contribution in [2.45, 2.75) is 56.2 Å². The van der Waals surface area contributed by atoms with Gasteiger partial charge in [0.05, 0.1) is 10.9 Å². The molecule has 2 unspecified atom stereocenters. The summed E-state index contributed by atoms with van der Waals surface area (Å²) in [6, 6.07) is 7.84. The van der Waals surface area contributed by atoms with Gasteiger partial charge in [-0.3, -0.25) is 4.90 Å². The molecule has 1 aromatic rings. The van der Waals surface area contributed by atoms with Crippen molar-refractivity contribution >= 4 is 10.0 Å². The Bertz CT molecular complexity index is 542. The van der Waals surface area contributed by atoms with E-state index in [1.54, 1.807) is 30.3 Å². The summed E-state index contributed by atoms with van der Waals surface area (Å²) in [7, 11) is -3.60. The second-order valence-corrected chi connectivity index (χ2v) is 7.55. The number of piperidine rings is 1.